The number of carbonyl (C=O) groups excluding carboxylic acids is 1. The molecular formula is C14H11N3O. The average Bonchev–Trinajstić information content (AvgIpc) is 2.90. The lowest BCUT2D eigenvalue weighted by molar-refractivity contribution is 0.0825. The highest BCUT2D eigenvalue weighted by Gasteiger charge is 2.27. The minimum Gasteiger partial charge on any atom is -0.310 e. The summed E-state index contributed by atoms with van der Waals surface area (Å²) in [7, 11) is 0. The van der Waals surface area contributed by atoms with Crippen LogP contribution in [0.5, 0.6) is 0 Å². The summed E-state index contributed by atoms with van der Waals surface area (Å²) in [5, 5.41) is 17.8. The first-order valence-corrected chi connectivity index (χ1v) is 5.68. The van der Waals surface area contributed by atoms with Crippen molar-refractivity contribution < 1.29 is 4.79 Å². The third-order valence-electron chi connectivity index (χ3n) is 2.90. The van der Waals surface area contributed by atoms with Gasteiger partial charge in [-0.15, -0.1) is 0 Å². The van der Waals surface area contributed by atoms with E-state index in [2.05, 4.69) is 0 Å². The van der Waals surface area contributed by atoms with Gasteiger partial charge < -0.3 is 4.90 Å². The quantitative estimate of drug-likeness (QED) is 0.703. The molecule has 0 unspecified atom stereocenters. The molecule has 1 saturated heterocycles. The van der Waals surface area contributed by atoms with E-state index in [0.717, 1.165) is 6.42 Å². The van der Waals surface area contributed by atoms with Gasteiger partial charge in [-0.05, 0) is 25.0 Å². The minimum absolute atomic E-state index is 0.0387. The van der Waals surface area contributed by atoms with Crippen molar-refractivity contribution in [3.05, 3.63) is 47.2 Å². The fourth-order valence-electron chi connectivity index (χ4n) is 2.05. The summed E-state index contributed by atoms with van der Waals surface area (Å²) in [6, 6.07) is 12.6. The van der Waals surface area contributed by atoms with Gasteiger partial charge in [0.05, 0.1) is 0 Å². The van der Waals surface area contributed by atoms with Crippen molar-refractivity contribution in [2.45, 2.75) is 12.8 Å². The molecule has 1 aliphatic rings. The van der Waals surface area contributed by atoms with Crippen LogP contribution >= 0.6 is 0 Å². The third-order valence-corrected chi connectivity index (χ3v) is 2.90. The van der Waals surface area contributed by atoms with Crippen LogP contribution in [0.4, 0.5) is 0 Å². The fraction of sp³-hybridized carbons (Fsp3) is 0.214. The number of hydrogen-bond acceptors (Lipinski definition) is 3. The lowest BCUT2D eigenvalue weighted by Gasteiger charge is -2.17. The maximum Gasteiger partial charge on any atom is 0.258 e. The molecule has 4 nitrogen and oxygen atoms in total. The second kappa shape index (κ2) is 5.16. The van der Waals surface area contributed by atoms with Crippen LogP contribution in [0.2, 0.25) is 0 Å². The molecule has 88 valence electrons. The number of benzene rings is 1. The molecule has 4 heteroatoms. The molecule has 1 aromatic rings. The molecule has 1 amide bonds. The first kappa shape index (κ1) is 11.9. The number of allylic oxidation sites excluding steroid dienone is 2. The minimum atomic E-state index is -0.147. The molecule has 0 aromatic heterocycles. The van der Waals surface area contributed by atoms with Crippen molar-refractivity contribution in [2.24, 2.45) is 0 Å². The van der Waals surface area contributed by atoms with Crippen LogP contribution < -0.4 is 0 Å². The summed E-state index contributed by atoms with van der Waals surface area (Å²) in [5.41, 5.74) is 1.16. The zero-order valence-electron chi connectivity index (χ0n) is 9.76. The lowest BCUT2D eigenvalue weighted by atomic mass is 10.1. The van der Waals surface area contributed by atoms with Crippen molar-refractivity contribution in [3.63, 3.8) is 0 Å². The Morgan fingerprint density at radius 1 is 1.17 bits per heavy atom. The van der Waals surface area contributed by atoms with Gasteiger partial charge in [0.25, 0.3) is 5.91 Å². The Kier molecular flexibility index (Phi) is 3.41. The zero-order chi connectivity index (χ0) is 13.0. The van der Waals surface area contributed by atoms with Crippen LogP contribution in [-0.4, -0.2) is 17.4 Å². The number of amides is 1. The lowest BCUT2D eigenvalue weighted by Crippen LogP contribution is -2.27. The molecule has 2 rings (SSSR count). The normalized spacial score (nSPS) is 13.9. The summed E-state index contributed by atoms with van der Waals surface area (Å²) in [6.45, 7) is 0.565. The Morgan fingerprint density at radius 3 is 2.44 bits per heavy atom. The van der Waals surface area contributed by atoms with Gasteiger partial charge in [-0.3, -0.25) is 4.79 Å². The number of likely N-dealkylation sites (tertiary alicyclic amines) is 1. The van der Waals surface area contributed by atoms with E-state index in [0.29, 0.717) is 24.2 Å². The summed E-state index contributed by atoms with van der Waals surface area (Å²) in [5.74, 6) is -0.147. The molecule has 0 saturated carbocycles. The van der Waals surface area contributed by atoms with Crippen LogP contribution in [-0.2, 0) is 0 Å². The largest absolute Gasteiger partial charge is 0.310 e. The predicted molar refractivity (Wildman–Crippen MR) is 65.0 cm³/mol. The maximum atomic E-state index is 12.3. The van der Waals surface area contributed by atoms with E-state index < -0.39 is 0 Å². The molecule has 1 aliphatic heterocycles. The maximum absolute atomic E-state index is 12.3. The average molecular weight is 237 g/mol. The van der Waals surface area contributed by atoms with E-state index in [1.807, 2.05) is 18.2 Å². The summed E-state index contributed by atoms with van der Waals surface area (Å²) in [4.78, 5) is 13.8. The van der Waals surface area contributed by atoms with Crippen LogP contribution in [0.25, 0.3) is 0 Å². The summed E-state index contributed by atoms with van der Waals surface area (Å²) < 4.78 is 0. The van der Waals surface area contributed by atoms with Crippen LogP contribution in [0.3, 0.4) is 0 Å². The molecule has 0 atom stereocenters. The van der Waals surface area contributed by atoms with E-state index in [9.17, 15) is 4.79 Å². The van der Waals surface area contributed by atoms with E-state index >= 15 is 0 Å². The summed E-state index contributed by atoms with van der Waals surface area (Å²) in [6.07, 6.45) is 1.40. The first-order chi connectivity index (χ1) is 8.77. The van der Waals surface area contributed by atoms with Gasteiger partial charge in [-0.1, -0.05) is 18.2 Å². The van der Waals surface area contributed by atoms with Crippen LogP contribution in [0.15, 0.2) is 41.6 Å². The first-order valence-electron chi connectivity index (χ1n) is 5.68. The monoisotopic (exact) mass is 237 g/mol. The fourth-order valence-corrected chi connectivity index (χ4v) is 2.05. The second-order valence-corrected chi connectivity index (χ2v) is 3.97. The van der Waals surface area contributed by atoms with E-state index in [1.54, 1.807) is 24.3 Å². The molecule has 18 heavy (non-hydrogen) atoms. The molecule has 1 aromatic carbocycles. The Balaban J connectivity index is 2.35. The van der Waals surface area contributed by atoms with Crippen molar-refractivity contribution in [1.29, 1.82) is 10.5 Å². The van der Waals surface area contributed by atoms with E-state index in [-0.39, 0.29) is 11.5 Å². The highest BCUT2D eigenvalue weighted by Crippen LogP contribution is 2.25. The van der Waals surface area contributed by atoms with Gasteiger partial charge in [-0.25, -0.2) is 0 Å². The second-order valence-electron chi connectivity index (χ2n) is 3.97. The van der Waals surface area contributed by atoms with E-state index in [4.69, 9.17) is 10.5 Å². The van der Waals surface area contributed by atoms with Crippen molar-refractivity contribution in [3.8, 4) is 12.1 Å². The molecule has 1 heterocycles. The molecular weight excluding hydrogens is 226 g/mol. The van der Waals surface area contributed by atoms with Gasteiger partial charge in [0.15, 0.2) is 0 Å². The van der Waals surface area contributed by atoms with Gasteiger partial charge in [0.1, 0.15) is 17.7 Å². The molecule has 0 aliphatic carbocycles. The number of carbonyl (C=O) groups is 1. The van der Waals surface area contributed by atoms with Crippen molar-refractivity contribution >= 4 is 5.91 Å². The van der Waals surface area contributed by atoms with Gasteiger partial charge >= 0.3 is 0 Å². The highest BCUT2D eigenvalue weighted by atomic mass is 16.2. The predicted octanol–water partition coefficient (Wildman–Crippen LogP) is 2.22. The summed E-state index contributed by atoms with van der Waals surface area (Å²) >= 11 is 0. The number of hydrogen-bond donors (Lipinski definition) is 0. The smallest absolute Gasteiger partial charge is 0.258 e. The highest BCUT2D eigenvalue weighted by molar-refractivity contribution is 5.95. The molecule has 0 spiro atoms. The van der Waals surface area contributed by atoms with Crippen LogP contribution in [0, 0.1) is 22.7 Å². The molecule has 1 fully saturated rings. The van der Waals surface area contributed by atoms with Crippen LogP contribution in [0.1, 0.15) is 23.2 Å². The molecule has 0 N–H and O–H groups in total. The number of nitriles is 2. The molecule has 0 radical (unpaired) electrons. The Labute approximate surface area is 105 Å². The van der Waals surface area contributed by atoms with E-state index in [1.165, 1.54) is 4.90 Å². The topological polar surface area (TPSA) is 67.9 Å². The van der Waals surface area contributed by atoms with Crippen molar-refractivity contribution in [1.82, 2.24) is 4.90 Å². The SMILES string of the molecule is N#CC(C#N)=C1CCCN1C(=O)c1ccccc1. The van der Waals surface area contributed by atoms with Crippen molar-refractivity contribution in [2.75, 3.05) is 6.54 Å². The van der Waals surface area contributed by atoms with Gasteiger partial charge in [0, 0.05) is 17.8 Å². The zero-order valence-corrected chi connectivity index (χ0v) is 9.76. The van der Waals surface area contributed by atoms with Gasteiger partial charge in [-0.2, -0.15) is 10.5 Å². The Morgan fingerprint density at radius 2 is 1.83 bits per heavy atom. The van der Waals surface area contributed by atoms with Gasteiger partial charge in [0.2, 0.25) is 0 Å². The standard InChI is InChI=1S/C14H11N3O/c15-9-12(10-16)13-7-4-8-17(13)14(18)11-5-2-1-3-6-11/h1-3,5-6H,4,7-8H2. The molecule has 0 bridgehead atoms. The Hall–Kier alpha value is -2.59. The third kappa shape index (κ3) is 2.09. The number of nitrogens with zero attached hydrogens (tertiary/aromatic N) is 3. The number of rotatable bonds is 1. The Bertz CT molecular complexity index is 559.